The van der Waals surface area contributed by atoms with Gasteiger partial charge in [-0.25, -0.2) is 4.99 Å². The third kappa shape index (κ3) is 7.01. The second kappa shape index (κ2) is 11.6. The van der Waals surface area contributed by atoms with Gasteiger partial charge in [-0.15, -0.1) is 24.0 Å². The Kier molecular flexibility index (Phi) is 10.2. The van der Waals surface area contributed by atoms with E-state index in [9.17, 15) is 0 Å². The van der Waals surface area contributed by atoms with Crippen LogP contribution in [0.3, 0.4) is 0 Å². The van der Waals surface area contributed by atoms with Gasteiger partial charge < -0.3 is 15.8 Å². The largest absolute Gasteiger partial charge is 0.488 e. The van der Waals surface area contributed by atoms with E-state index >= 15 is 0 Å². The van der Waals surface area contributed by atoms with Gasteiger partial charge in [-0.3, -0.25) is 4.90 Å². The number of halogens is 1. The number of benzene rings is 1. The fourth-order valence-corrected chi connectivity index (χ4v) is 3.14. The van der Waals surface area contributed by atoms with E-state index in [0.717, 1.165) is 30.8 Å². The Bertz CT molecular complexity index is 538. The molecule has 0 amide bonds. The van der Waals surface area contributed by atoms with Crippen molar-refractivity contribution in [3.05, 3.63) is 29.8 Å². The summed E-state index contributed by atoms with van der Waals surface area (Å²) in [5, 5.41) is 3.27. The van der Waals surface area contributed by atoms with Gasteiger partial charge in [0.2, 0.25) is 0 Å². The lowest BCUT2D eigenvalue weighted by Gasteiger charge is -2.23. The summed E-state index contributed by atoms with van der Waals surface area (Å²) in [5.41, 5.74) is 7.18. The van der Waals surface area contributed by atoms with Gasteiger partial charge in [0, 0.05) is 12.6 Å². The highest BCUT2D eigenvalue weighted by Gasteiger charge is 2.22. The van der Waals surface area contributed by atoms with E-state index < -0.39 is 0 Å². The highest BCUT2D eigenvalue weighted by molar-refractivity contribution is 14.0. The van der Waals surface area contributed by atoms with E-state index in [1.54, 1.807) is 0 Å². The maximum atomic E-state index is 6.06. The molecule has 1 fully saturated rings. The van der Waals surface area contributed by atoms with Crippen LogP contribution < -0.4 is 15.8 Å². The standard InChI is InChI=1S/C19H32N4O.HI/c1-4-17(24-18-11-7-6-9-15(18)3)14-22-19(20)21-13-16-10-8-12-23(16)5-2;/h6-7,9,11,16-17H,4-5,8,10,12-14H2,1-3H3,(H3,20,21,22);1H. The molecule has 2 atom stereocenters. The molecule has 1 heterocycles. The average Bonchev–Trinajstić information content (AvgIpc) is 3.05. The molecule has 1 aliphatic heterocycles. The quantitative estimate of drug-likeness (QED) is 0.356. The van der Waals surface area contributed by atoms with Crippen molar-refractivity contribution in [3.8, 4) is 5.75 Å². The molecule has 1 aromatic carbocycles. The van der Waals surface area contributed by atoms with Crippen molar-refractivity contribution in [2.24, 2.45) is 10.7 Å². The zero-order valence-corrected chi connectivity index (χ0v) is 18.0. The SMILES string of the molecule is CCC(CN=C(N)NCC1CCCN1CC)Oc1ccccc1C.I. The first kappa shape index (κ1) is 22.0. The third-order valence-electron chi connectivity index (χ3n) is 4.73. The molecule has 1 aliphatic rings. The van der Waals surface area contributed by atoms with Gasteiger partial charge in [0.25, 0.3) is 0 Å². The summed E-state index contributed by atoms with van der Waals surface area (Å²) >= 11 is 0. The fraction of sp³-hybridized carbons (Fsp3) is 0.632. The average molecular weight is 460 g/mol. The molecule has 0 saturated carbocycles. The Morgan fingerprint density at radius 2 is 2.16 bits per heavy atom. The van der Waals surface area contributed by atoms with E-state index in [2.05, 4.69) is 42.0 Å². The maximum absolute atomic E-state index is 6.06. The molecule has 6 heteroatoms. The zero-order valence-electron chi connectivity index (χ0n) is 15.7. The lowest BCUT2D eigenvalue weighted by atomic mass is 10.2. The summed E-state index contributed by atoms with van der Waals surface area (Å²) in [6, 6.07) is 8.65. The lowest BCUT2D eigenvalue weighted by Crippen LogP contribution is -2.43. The Hall–Kier alpha value is -1.02. The first-order valence-corrected chi connectivity index (χ1v) is 9.14. The molecule has 1 aromatic rings. The molecular formula is C19H33IN4O. The molecule has 142 valence electrons. The number of likely N-dealkylation sites (N-methyl/N-ethyl adjacent to an activating group) is 1. The van der Waals surface area contributed by atoms with Crippen molar-refractivity contribution >= 4 is 29.9 Å². The Morgan fingerprint density at radius 3 is 2.84 bits per heavy atom. The van der Waals surface area contributed by atoms with Crippen LogP contribution in [0.2, 0.25) is 0 Å². The molecule has 5 nitrogen and oxygen atoms in total. The van der Waals surface area contributed by atoms with Gasteiger partial charge in [-0.05, 0) is 50.9 Å². The molecule has 1 saturated heterocycles. The van der Waals surface area contributed by atoms with Gasteiger partial charge in [0.15, 0.2) is 5.96 Å². The second-order valence-corrected chi connectivity index (χ2v) is 6.45. The summed E-state index contributed by atoms with van der Waals surface area (Å²) in [6.07, 6.45) is 3.46. The molecule has 2 rings (SSSR count). The maximum Gasteiger partial charge on any atom is 0.188 e. The number of para-hydroxylation sites is 1. The van der Waals surface area contributed by atoms with Gasteiger partial charge in [-0.2, -0.15) is 0 Å². The molecule has 0 aliphatic carbocycles. The number of aliphatic imine (C=N–C) groups is 1. The van der Waals surface area contributed by atoms with Crippen LogP contribution in [-0.4, -0.2) is 49.2 Å². The van der Waals surface area contributed by atoms with E-state index in [1.807, 2.05) is 18.2 Å². The molecule has 0 radical (unpaired) electrons. The van der Waals surface area contributed by atoms with Gasteiger partial charge in [-0.1, -0.05) is 32.0 Å². The van der Waals surface area contributed by atoms with E-state index in [0.29, 0.717) is 18.5 Å². The summed E-state index contributed by atoms with van der Waals surface area (Å²) in [7, 11) is 0. The first-order valence-electron chi connectivity index (χ1n) is 9.14. The number of likely N-dealkylation sites (tertiary alicyclic amines) is 1. The minimum atomic E-state index is 0. The molecule has 2 unspecified atom stereocenters. The highest BCUT2D eigenvalue weighted by Crippen LogP contribution is 2.19. The predicted molar refractivity (Wildman–Crippen MR) is 116 cm³/mol. The van der Waals surface area contributed by atoms with Crippen LogP contribution in [0.1, 0.15) is 38.7 Å². The van der Waals surface area contributed by atoms with Crippen LogP contribution >= 0.6 is 24.0 Å². The van der Waals surface area contributed by atoms with Crippen LogP contribution in [0.15, 0.2) is 29.3 Å². The fourth-order valence-electron chi connectivity index (χ4n) is 3.14. The summed E-state index contributed by atoms with van der Waals surface area (Å²) in [5.74, 6) is 1.44. The van der Waals surface area contributed by atoms with Crippen molar-refractivity contribution in [2.45, 2.75) is 52.2 Å². The van der Waals surface area contributed by atoms with E-state index in [1.165, 1.54) is 19.4 Å². The number of ether oxygens (including phenoxy) is 1. The zero-order chi connectivity index (χ0) is 17.4. The monoisotopic (exact) mass is 460 g/mol. The van der Waals surface area contributed by atoms with E-state index in [4.69, 9.17) is 10.5 Å². The van der Waals surface area contributed by atoms with Crippen molar-refractivity contribution < 1.29 is 4.74 Å². The van der Waals surface area contributed by atoms with Gasteiger partial charge in [0.05, 0.1) is 6.54 Å². The predicted octanol–water partition coefficient (Wildman–Crippen LogP) is 3.16. The lowest BCUT2D eigenvalue weighted by molar-refractivity contribution is 0.204. The number of nitrogens with two attached hydrogens (primary N) is 1. The minimum Gasteiger partial charge on any atom is -0.488 e. The second-order valence-electron chi connectivity index (χ2n) is 6.45. The number of nitrogens with one attached hydrogen (secondary N) is 1. The topological polar surface area (TPSA) is 62.9 Å². The summed E-state index contributed by atoms with van der Waals surface area (Å²) in [4.78, 5) is 6.97. The Morgan fingerprint density at radius 1 is 1.40 bits per heavy atom. The smallest absolute Gasteiger partial charge is 0.188 e. The number of guanidine groups is 1. The number of hydrogen-bond donors (Lipinski definition) is 2. The van der Waals surface area contributed by atoms with Crippen LogP contribution in [0, 0.1) is 6.92 Å². The Labute approximate surface area is 169 Å². The Balaban J connectivity index is 0.00000312. The molecule has 3 N–H and O–H groups in total. The normalized spacial score (nSPS) is 19.3. The molecule has 0 aromatic heterocycles. The third-order valence-corrected chi connectivity index (χ3v) is 4.73. The van der Waals surface area contributed by atoms with Crippen LogP contribution in [0.5, 0.6) is 5.75 Å². The van der Waals surface area contributed by atoms with Gasteiger partial charge >= 0.3 is 0 Å². The van der Waals surface area contributed by atoms with Crippen LogP contribution in [0.4, 0.5) is 0 Å². The van der Waals surface area contributed by atoms with Crippen LogP contribution in [0.25, 0.3) is 0 Å². The number of aryl methyl sites for hydroxylation is 1. The molecule has 0 spiro atoms. The summed E-state index contributed by atoms with van der Waals surface area (Å²) < 4.78 is 6.06. The molecular weight excluding hydrogens is 427 g/mol. The first-order chi connectivity index (χ1) is 11.6. The summed E-state index contributed by atoms with van der Waals surface area (Å²) in [6.45, 7) is 10.1. The number of rotatable bonds is 8. The number of hydrogen-bond acceptors (Lipinski definition) is 3. The van der Waals surface area contributed by atoms with Crippen molar-refractivity contribution in [2.75, 3.05) is 26.2 Å². The van der Waals surface area contributed by atoms with Crippen LogP contribution in [-0.2, 0) is 0 Å². The molecule has 0 bridgehead atoms. The van der Waals surface area contributed by atoms with Crippen molar-refractivity contribution in [3.63, 3.8) is 0 Å². The minimum absolute atomic E-state index is 0. The van der Waals surface area contributed by atoms with E-state index in [-0.39, 0.29) is 30.1 Å². The highest BCUT2D eigenvalue weighted by atomic mass is 127. The molecule has 25 heavy (non-hydrogen) atoms. The number of nitrogens with zero attached hydrogens (tertiary/aromatic N) is 2. The van der Waals surface area contributed by atoms with Crippen molar-refractivity contribution in [1.29, 1.82) is 0 Å². The van der Waals surface area contributed by atoms with Crippen molar-refractivity contribution in [1.82, 2.24) is 10.2 Å². The van der Waals surface area contributed by atoms with Gasteiger partial charge in [0.1, 0.15) is 11.9 Å².